The van der Waals surface area contributed by atoms with Crippen molar-refractivity contribution in [3.8, 4) is 0 Å². The summed E-state index contributed by atoms with van der Waals surface area (Å²) in [6, 6.07) is 6.53. The lowest BCUT2D eigenvalue weighted by molar-refractivity contribution is -0.138. The Labute approximate surface area is 153 Å². The molecular weight excluding hydrogens is 366 g/mol. The van der Waals surface area contributed by atoms with Crippen molar-refractivity contribution in [1.82, 2.24) is 10.3 Å². The van der Waals surface area contributed by atoms with Crippen molar-refractivity contribution >= 4 is 17.5 Å². The summed E-state index contributed by atoms with van der Waals surface area (Å²) in [6.07, 6.45) is 0.891. The molecule has 1 aliphatic carbocycles. The van der Waals surface area contributed by atoms with Gasteiger partial charge in [0.15, 0.2) is 0 Å². The Kier molecular flexibility index (Phi) is 4.96. The maximum Gasteiger partial charge on any atom is 0.262 e. The number of benzene rings is 1. The van der Waals surface area contributed by atoms with E-state index < -0.39 is 29.6 Å². The molecule has 0 aliphatic heterocycles. The molecule has 0 saturated heterocycles. The van der Waals surface area contributed by atoms with E-state index in [1.807, 2.05) is 0 Å². The van der Waals surface area contributed by atoms with Gasteiger partial charge in [-0.05, 0) is 36.6 Å². The summed E-state index contributed by atoms with van der Waals surface area (Å²) in [5.74, 6) is -1.42. The first kappa shape index (κ1) is 18.7. The first-order valence-corrected chi connectivity index (χ1v) is 8.38. The summed E-state index contributed by atoms with van der Waals surface area (Å²) in [4.78, 5) is 16.5. The topological polar surface area (TPSA) is 82.5 Å². The van der Waals surface area contributed by atoms with E-state index in [1.165, 1.54) is 30.5 Å². The predicted octanol–water partition coefficient (Wildman–Crippen LogP) is 2.33. The number of aliphatic hydroxyl groups excluding tert-OH is 1. The molecule has 8 heteroatoms. The number of carbonyl (C=O) groups is 1. The fourth-order valence-corrected chi connectivity index (χ4v) is 3.33. The molecule has 1 heterocycles. The highest BCUT2D eigenvalue weighted by Gasteiger charge is 2.51. The number of aromatic nitrogens is 1. The molecule has 0 unspecified atom stereocenters. The minimum absolute atomic E-state index is 0.0498. The van der Waals surface area contributed by atoms with E-state index in [2.05, 4.69) is 10.3 Å². The fraction of sp³-hybridized carbons (Fsp3) is 0.333. The average Bonchev–Trinajstić information content (AvgIpc) is 2.64. The molecule has 1 aromatic carbocycles. The van der Waals surface area contributed by atoms with Gasteiger partial charge in [-0.25, -0.2) is 8.78 Å². The van der Waals surface area contributed by atoms with Crippen molar-refractivity contribution in [2.45, 2.75) is 30.7 Å². The number of pyridine rings is 1. The highest BCUT2D eigenvalue weighted by Crippen LogP contribution is 2.45. The Bertz CT molecular complexity index is 851. The molecule has 0 radical (unpaired) electrons. The molecule has 3 N–H and O–H groups in total. The first-order valence-electron chi connectivity index (χ1n) is 8.00. The normalized spacial score (nSPS) is 24.8. The van der Waals surface area contributed by atoms with E-state index in [9.17, 15) is 19.4 Å². The number of alkyl halides is 1. The van der Waals surface area contributed by atoms with Crippen molar-refractivity contribution in [2.24, 2.45) is 0 Å². The third-order valence-electron chi connectivity index (χ3n) is 4.63. The summed E-state index contributed by atoms with van der Waals surface area (Å²) in [6.45, 7) is -0.705. The molecule has 1 aliphatic rings. The van der Waals surface area contributed by atoms with Gasteiger partial charge in [0.05, 0.1) is 12.3 Å². The lowest BCUT2D eigenvalue weighted by Gasteiger charge is -2.38. The number of hydrogen-bond donors (Lipinski definition) is 3. The third-order valence-corrected chi connectivity index (χ3v) is 4.99. The second-order valence-corrected chi connectivity index (χ2v) is 6.72. The molecule has 138 valence electrons. The zero-order valence-corrected chi connectivity index (χ0v) is 14.4. The second-order valence-electron chi connectivity index (χ2n) is 6.31. The number of hydrogen-bond acceptors (Lipinski definition) is 4. The average molecular weight is 383 g/mol. The van der Waals surface area contributed by atoms with E-state index in [-0.39, 0.29) is 35.7 Å². The van der Waals surface area contributed by atoms with E-state index in [0.717, 1.165) is 6.07 Å². The van der Waals surface area contributed by atoms with Crippen LogP contribution in [0.5, 0.6) is 0 Å². The number of aliphatic hydroxyl groups is 2. The van der Waals surface area contributed by atoms with Gasteiger partial charge < -0.3 is 15.5 Å². The number of rotatable bonds is 4. The van der Waals surface area contributed by atoms with Crippen LogP contribution in [0.25, 0.3) is 0 Å². The summed E-state index contributed by atoms with van der Waals surface area (Å²) in [5.41, 5.74) is -3.78. The molecular formula is C18H17ClF2N2O3. The van der Waals surface area contributed by atoms with Crippen LogP contribution in [0.15, 0.2) is 36.5 Å². The van der Waals surface area contributed by atoms with E-state index in [1.54, 1.807) is 0 Å². The van der Waals surface area contributed by atoms with Gasteiger partial charge in [0, 0.05) is 23.3 Å². The van der Waals surface area contributed by atoms with Crippen molar-refractivity contribution in [1.29, 1.82) is 0 Å². The van der Waals surface area contributed by atoms with Crippen LogP contribution in [0.1, 0.15) is 29.7 Å². The van der Waals surface area contributed by atoms with Crippen LogP contribution in [0.3, 0.4) is 0 Å². The molecule has 2 aromatic rings. The molecule has 3 rings (SSSR count). The monoisotopic (exact) mass is 382 g/mol. The number of carbonyl (C=O) groups excluding carboxylic acids is 1. The number of amides is 1. The minimum Gasteiger partial charge on any atom is -0.393 e. The Balaban J connectivity index is 1.85. The largest absolute Gasteiger partial charge is 0.393 e. The molecule has 0 spiro atoms. The molecule has 0 saturated carbocycles. The fourth-order valence-electron chi connectivity index (χ4n) is 3.10. The van der Waals surface area contributed by atoms with Crippen LogP contribution in [0.2, 0.25) is 5.02 Å². The second kappa shape index (κ2) is 6.90. The van der Waals surface area contributed by atoms with Gasteiger partial charge >= 0.3 is 0 Å². The minimum atomic E-state index is -2.41. The lowest BCUT2D eigenvalue weighted by Crippen LogP contribution is -2.49. The summed E-state index contributed by atoms with van der Waals surface area (Å²) >= 11 is 5.91. The van der Waals surface area contributed by atoms with E-state index >= 15 is 4.39 Å². The number of nitrogens with zero attached hydrogens (tertiary/aromatic N) is 1. The third kappa shape index (κ3) is 3.18. The van der Waals surface area contributed by atoms with Crippen LogP contribution >= 0.6 is 11.6 Å². The Morgan fingerprint density at radius 2 is 2.12 bits per heavy atom. The summed E-state index contributed by atoms with van der Waals surface area (Å²) < 4.78 is 28.7. The lowest BCUT2D eigenvalue weighted by atomic mass is 9.74. The van der Waals surface area contributed by atoms with Crippen LogP contribution in [0.4, 0.5) is 8.78 Å². The van der Waals surface area contributed by atoms with Crippen molar-refractivity contribution in [3.05, 3.63) is 64.2 Å². The maximum absolute atomic E-state index is 15.6. The molecule has 0 bridgehead atoms. The molecule has 26 heavy (non-hydrogen) atoms. The maximum atomic E-state index is 15.6. The van der Waals surface area contributed by atoms with Crippen molar-refractivity contribution in [3.63, 3.8) is 0 Å². The van der Waals surface area contributed by atoms with Gasteiger partial charge in [-0.3, -0.25) is 9.78 Å². The molecule has 1 amide bonds. The highest BCUT2D eigenvalue weighted by atomic mass is 35.5. The number of fused-ring (bicyclic) bond motifs is 1. The predicted molar refractivity (Wildman–Crippen MR) is 90.5 cm³/mol. The van der Waals surface area contributed by atoms with Gasteiger partial charge in [0.2, 0.25) is 5.67 Å². The smallest absolute Gasteiger partial charge is 0.262 e. The van der Waals surface area contributed by atoms with Crippen molar-refractivity contribution in [2.75, 3.05) is 6.61 Å². The van der Waals surface area contributed by atoms with Crippen LogP contribution < -0.4 is 5.32 Å². The molecule has 2 atom stereocenters. The van der Waals surface area contributed by atoms with Gasteiger partial charge in [-0.2, -0.15) is 0 Å². The van der Waals surface area contributed by atoms with Crippen LogP contribution in [-0.2, 0) is 22.6 Å². The Hall–Kier alpha value is -2.09. The zero-order valence-electron chi connectivity index (χ0n) is 13.7. The SMILES string of the molecule is O=C(NCc1ccc(F)cc1Cl)[C@]1(F)CC[C@@](O)(CO)c2ncccc21. The van der Waals surface area contributed by atoms with Crippen LogP contribution in [0, 0.1) is 5.82 Å². The molecule has 1 aromatic heterocycles. The van der Waals surface area contributed by atoms with Crippen LogP contribution in [-0.4, -0.2) is 27.7 Å². The van der Waals surface area contributed by atoms with E-state index in [0.29, 0.717) is 5.56 Å². The zero-order chi connectivity index (χ0) is 18.9. The number of halogens is 3. The van der Waals surface area contributed by atoms with Gasteiger partial charge in [-0.1, -0.05) is 23.7 Å². The Morgan fingerprint density at radius 1 is 1.35 bits per heavy atom. The quantitative estimate of drug-likeness (QED) is 0.758. The van der Waals surface area contributed by atoms with E-state index in [4.69, 9.17) is 11.6 Å². The summed E-state index contributed by atoms with van der Waals surface area (Å²) in [5, 5.41) is 22.5. The number of nitrogens with one attached hydrogen (secondary N) is 1. The van der Waals surface area contributed by atoms with Gasteiger partial charge in [0.1, 0.15) is 11.4 Å². The summed E-state index contributed by atoms with van der Waals surface area (Å²) in [7, 11) is 0. The standard InChI is InChI=1S/C18H17ClF2N2O3/c19-14-8-12(20)4-3-11(14)9-23-16(25)18(21)6-5-17(26,10-24)15-13(18)2-1-7-22-15/h1-4,7-8,24,26H,5-6,9-10H2,(H,23,25)/t17-,18+/m1/s1. The first-order chi connectivity index (χ1) is 12.3. The van der Waals surface area contributed by atoms with Crippen molar-refractivity contribution < 1.29 is 23.8 Å². The Morgan fingerprint density at radius 3 is 2.81 bits per heavy atom. The van der Waals surface area contributed by atoms with Gasteiger partial charge in [-0.15, -0.1) is 0 Å². The highest BCUT2D eigenvalue weighted by molar-refractivity contribution is 6.31. The molecule has 0 fully saturated rings. The molecule has 5 nitrogen and oxygen atoms in total. The van der Waals surface area contributed by atoms with Gasteiger partial charge in [0.25, 0.3) is 5.91 Å².